The molecular weight excluding hydrogens is 232 g/mol. The first-order valence-corrected chi connectivity index (χ1v) is 6.31. The number of rotatable bonds is 2. The summed E-state index contributed by atoms with van der Waals surface area (Å²) in [5, 5.41) is 4.06. The molecule has 0 aliphatic heterocycles. The van der Waals surface area contributed by atoms with Gasteiger partial charge in [0.15, 0.2) is 0 Å². The highest BCUT2D eigenvalue weighted by atomic mass is 32.1. The van der Waals surface area contributed by atoms with Crippen LogP contribution in [0.3, 0.4) is 0 Å². The van der Waals surface area contributed by atoms with Crippen LogP contribution >= 0.6 is 11.3 Å². The maximum absolute atomic E-state index is 5.82. The van der Waals surface area contributed by atoms with E-state index in [2.05, 4.69) is 4.98 Å². The number of fused-ring (bicyclic) bond motifs is 1. The Morgan fingerprint density at radius 3 is 2.94 bits per heavy atom. The molecule has 17 heavy (non-hydrogen) atoms. The van der Waals surface area contributed by atoms with Gasteiger partial charge in [0, 0.05) is 16.3 Å². The van der Waals surface area contributed by atoms with Gasteiger partial charge in [-0.2, -0.15) is 0 Å². The van der Waals surface area contributed by atoms with E-state index in [1.807, 2.05) is 36.6 Å². The number of furan rings is 1. The zero-order valence-electron chi connectivity index (χ0n) is 9.38. The summed E-state index contributed by atoms with van der Waals surface area (Å²) in [6.07, 6.45) is 1.75. The predicted molar refractivity (Wildman–Crippen MR) is 69.9 cm³/mol. The summed E-state index contributed by atoms with van der Waals surface area (Å²) in [6.45, 7) is 1.94. The van der Waals surface area contributed by atoms with Crippen molar-refractivity contribution in [2.75, 3.05) is 0 Å². The lowest BCUT2D eigenvalue weighted by Gasteiger charge is -1.97. The lowest BCUT2D eigenvalue weighted by Crippen LogP contribution is -2.03. The second-order valence-corrected chi connectivity index (χ2v) is 4.89. The zero-order chi connectivity index (χ0) is 11.8. The summed E-state index contributed by atoms with van der Waals surface area (Å²) in [5.41, 5.74) is 8.67. The number of nitrogens with two attached hydrogens (primary N) is 1. The SMILES string of the molecule is CC(N)c1nc(-c2coc3ccccc23)cs1. The Kier molecular flexibility index (Phi) is 2.46. The summed E-state index contributed by atoms with van der Waals surface area (Å²) in [5.74, 6) is 0. The van der Waals surface area contributed by atoms with E-state index < -0.39 is 0 Å². The van der Waals surface area contributed by atoms with Gasteiger partial charge in [-0.3, -0.25) is 0 Å². The number of para-hydroxylation sites is 1. The molecule has 2 heterocycles. The lowest BCUT2D eigenvalue weighted by atomic mass is 10.1. The topological polar surface area (TPSA) is 52.0 Å². The van der Waals surface area contributed by atoms with Gasteiger partial charge < -0.3 is 10.2 Å². The molecule has 2 N–H and O–H groups in total. The van der Waals surface area contributed by atoms with Crippen LogP contribution in [-0.4, -0.2) is 4.98 Å². The van der Waals surface area contributed by atoms with E-state index >= 15 is 0 Å². The molecule has 1 aromatic carbocycles. The highest BCUT2D eigenvalue weighted by Crippen LogP contribution is 2.31. The molecule has 1 atom stereocenters. The smallest absolute Gasteiger partial charge is 0.134 e. The van der Waals surface area contributed by atoms with E-state index in [1.54, 1.807) is 17.6 Å². The standard InChI is InChI=1S/C13H12N2OS/c1-8(14)13-15-11(7-17-13)10-6-16-12-5-3-2-4-9(10)12/h2-8H,14H2,1H3. The Hall–Kier alpha value is -1.65. The average Bonchev–Trinajstić information content (AvgIpc) is 2.95. The average molecular weight is 244 g/mol. The van der Waals surface area contributed by atoms with Gasteiger partial charge in [0.2, 0.25) is 0 Å². The number of benzene rings is 1. The van der Waals surface area contributed by atoms with Crippen LogP contribution < -0.4 is 5.73 Å². The van der Waals surface area contributed by atoms with E-state index in [4.69, 9.17) is 10.2 Å². The van der Waals surface area contributed by atoms with Crippen molar-refractivity contribution in [3.05, 3.63) is 40.9 Å². The number of nitrogens with zero attached hydrogens (tertiary/aromatic N) is 1. The Morgan fingerprint density at radius 2 is 2.18 bits per heavy atom. The Bertz CT molecular complexity index is 654. The van der Waals surface area contributed by atoms with Gasteiger partial charge in [-0.25, -0.2) is 4.98 Å². The van der Waals surface area contributed by atoms with Gasteiger partial charge in [-0.15, -0.1) is 11.3 Å². The van der Waals surface area contributed by atoms with E-state index in [1.165, 1.54) is 0 Å². The third-order valence-corrected chi connectivity index (χ3v) is 3.71. The number of thiazole rings is 1. The minimum atomic E-state index is -0.0214. The van der Waals surface area contributed by atoms with Crippen LogP contribution in [0.2, 0.25) is 0 Å². The molecule has 0 saturated carbocycles. The lowest BCUT2D eigenvalue weighted by molar-refractivity contribution is 0.617. The van der Waals surface area contributed by atoms with E-state index in [0.29, 0.717) is 0 Å². The van der Waals surface area contributed by atoms with Crippen molar-refractivity contribution < 1.29 is 4.42 Å². The van der Waals surface area contributed by atoms with Crippen LogP contribution in [0.15, 0.2) is 40.3 Å². The Morgan fingerprint density at radius 1 is 1.35 bits per heavy atom. The minimum absolute atomic E-state index is 0.0214. The molecular formula is C13H12N2OS. The molecule has 0 aliphatic rings. The molecule has 0 spiro atoms. The molecule has 3 rings (SSSR count). The second-order valence-electron chi connectivity index (χ2n) is 4.01. The van der Waals surface area contributed by atoms with Gasteiger partial charge >= 0.3 is 0 Å². The van der Waals surface area contributed by atoms with Crippen molar-refractivity contribution in [3.8, 4) is 11.3 Å². The molecule has 0 fully saturated rings. The summed E-state index contributed by atoms with van der Waals surface area (Å²) in [4.78, 5) is 4.54. The van der Waals surface area contributed by atoms with Crippen molar-refractivity contribution in [1.29, 1.82) is 0 Å². The molecule has 0 saturated heterocycles. The predicted octanol–water partition coefficient (Wildman–Crippen LogP) is 3.58. The molecule has 0 amide bonds. The molecule has 3 aromatic rings. The van der Waals surface area contributed by atoms with Crippen LogP contribution in [0.4, 0.5) is 0 Å². The Labute approximate surface area is 103 Å². The Balaban J connectivity index is 2.14. The first kappa shape index (κ1) is 10.5. The van der Waals surface area contributed by atoms with Crippen LogP contribution in [0.25, 0.3) is 22.2 Å². The van der Waals surface area contributed by atoms with Crippen molar-refractivity contribution in [3.63, 3.8) is 0 Å². The maximum Gasteiger partial charge on any atom is 0.134 e. The van der Waals surface area contributed by atoms with Gasteiger partial charge in [-0.1, -0.05) is 18.2 Å². The summed E-state index contributed by atoms with van der Waals surface area (Å²) in [6, 6.07) is 7.94. The molecule has 4 heteroatoms. The molecule has 0 aliphatic carbocycles. The first-order valence-electron chi connectivity index (χ1n) is 5.43. The summed E-state index contributed by atoms with van der Waals surface area (Å²) in [7, 11) is 0. The van der Waals surface area contributed by atoms with Crippen LogP contribution in [0.1, 0.15) is 18.0 Å². The number of hydrogen-bond donors (Lipinski definition) is 1. The normalized spacial score (nSPS) is 13.1. The summed E-state index contributed by atoms with van der Waals surface area (Å²) >= 11 is 1.59. The van der Waals surface area contributed by atoms with Gasteiger partial charge in [0.05, 0.1) is 11.7 Å². The van der Waals surface area contributed by atoms with Gasteiger partial charge in [0.1, 0.15) is 16.9 Å². The molecule has 0 bridgehead atoms. The van der Waals surface area contributed by atoms with E-state index in [9.17, 15) is 0 Å². The van der Waals surface area contributed by atoms with Crippen LogP contribution in [0, 0.1) is 0 Å². The maximum atomic E-state index is 5.82. The number of aromatic nitrogens is 1. The van der Waals surface area contributed by atoms with E-state index in [-0.39, 0.29) is 6.04 Å². The molecule has 2 aromatic heterocycles. The number of hydrogen-bond acceptors (Lipinski definition) is 4. The van der Waals surface area contributed by atoms with Gasteiger partial charge in [0.25, 0.3) is 0 Å². The minimum Gasteiger partial charge on any atom is -0.464 e. The highest BCUT2D eigenvalue weighted by Gasteiger charge is 2.12. The second kappa shape index (κ2) is 3.98. The van der Waals surface area contributed by atoms with Crippen LogP contribution in [-0.2, 0) is 0 Å². The fourth-order valence-corrected chi connectivity index (χ4v) is 2.57. The summed E-state index contributed by atoms with van der Waals surface area (Å²) < 4.78 is 5.51. The monoisotopic (exact) mass is 244 g/mol. The zero-order valence-corrected chi connectivity index (χ0v) is 10.2. The fraction of sp³-hybridized carbons (Fsp3) is 0.154. The van der Waals surface area contributed by atoms with Crippen molar-refractivity contribution in [1.82, 2.24) is 4.98 Å². The molecule has 3 nitrogen and oxygen atoms in total. The van der Waals surface area contributed by atoms with Gasteiger partial charge in [-0.05, 0) is 13.0 Å². The molecule has 1 unspecified atom stereocenters. The largest absolute Gasteiger partial charge is 0.464 e. The molecule has 86 valence electrons. The third-order valence-electron chi connectivity index (χ3n) is 2.67. The first-order chi connectivity index (χ1) is 8.25. The van der Waals surface area contributed by atoms with Crippen LogP contribution in [0.5, 0.6) is 0 Å². The van der Waals surface area contributed by atoms with Crippen molar-refractivity contribution in [2.45, 2.75) is 13.0 Å². The van der Waals surface area contributed by atoms with E-state index in [0.717, 1.165) is 27.2 Å². The van der Waals surface area contributed by atoms with Crippen molar-refractivity contribution >= 4 is 22.3 Å². The van der Waals surface area contributed by atoms with Crippen molar-refractivity contribution in [2.24, 2.45) is 5.73 Å². The third kappa shape index (κ3) is 1.75. The molecule has 0 radical (unpaired) electrons. The highest BCUT2D eigenvalue weighted by molar-refractivity contribution is 7.10. The quantitative estimate of drug-likeness (QED) is 0.749. The fourth-order valence-electron chi connectivity index (χ4n) is 1.80.